The van der Waals surface area contributed by atoms with Gasteiger partial charge in [-0.15, -0.1) is 10.2 Å². The van der Waals surface area contributed by atoms with Crippen LogP contribution in [0.1, 0.15) is 44.3 Å². The van der Waals surface area contributed by atoms with Gasteiger partial charge in [0.05, 0.1) is 29.1 Å². The van der Waals surface area contributed by atoms with Gasteiger partial charge in [0.1, 0.15) is 5.76 Å². The molecule has 1 aliphatic carbocycles. The molecule has 1 unspecified atom stereocenters. The van der Waals surface area contributed by atoms with Gasteiger partial charge in [-0.05, 0) is 32.3 Å². The summed E-state index contributed by atoms with van der Waals surface area (Å²) >= 11 is 1.19. The third-order valence-corrected chi connectivity index (χ3v) is 8.23. The summed E-state index contributed by atoms with van der Waals surface area (Å²) in [6.45, 7) is 1.81. The highest BCUT2D eigenvalue weighted by Crippen LogP contribution is 2.30. The Kier molecular flexibility index (Phi) is 6.00. The van der Waals surface area contributed by atoms with Gasteiger partial charge in [-0.1, -0.05) is 31.0 Å². The van der Waals surface area contributed by atoms with Gasteiger partial charge in [0.25, 0.3) is 11.1 Å². The molecule has 158 valence electrons. The Morgan fingerprint density at radius 3 is 2.66 bits per heavy atom. The molecule has 2 aromatic rings. The molecule has 1 amide bonds. The van der Waals surface area contributed by atoms with Crippen molar-refractivity contribution in [2.75, 3.05) is 17.3 Å². The van der Waals surface area contributed by atoms with Crippen LogP contribution in [0.5, 0.6) is 0 Å². The molecule has 1 aliphatic heterocycles. The Labute approximate surface area is 174 Å². The van der Waals surface area contributed by atoms with Gasteiger partial charge in [-0.3, -0.25) is 4.79 Å². The van der Waals surface area contributed by atoms with E-state index in [2.05, 4.69) is 10.2 Å². The van der Waals surface area contributed by atoms with Crippen LogP contribution in [-0.2, 0) is 14.6 Å². The second-order valence-corrected chi connectivity index (χ2v) is 10.9. The molecule has 1 saturated heterocycles. The van der Waals surface area contributed by atoms with Crippen molar-refractivity contribution in [2.24, 2.45) is 0 Å². The zero-order valence-electron chi connectivity index (χ0n) is 16.4. The smallest absolute Gasteiger partial charge is 0.277 e. The molecule has 3 heterocycles. The van der Waals surface area contributed by atoms with Crippen molar-refractivity contribution in [1.29, 1.82) is 0 Å². The van der Waals surface area contributed by atoms with Crippen LogP contribution in [0.2, 0.25) is 0 Å². The highest BCUT2D eigenvalue weighted by atomic mass is 32.2. The van der Waals surface area contributed by atoms with Crippen LogP contribution in [0.25, 0.3) is 11.5 Å². The molecule has 0 N–H and O–H groups in total. The lowest BCUT2D eigenvalue weighted by Gasteiger charge is -2.38. The van der Waals surface area contributed by atoms with Gasteiger partial charge in [0.15, 0.2) is 9.84 Å². The molecule has 0 radical (unpaired) electrons. The van der Waals surface area contributed by atoms with Crippen molar-refractivity contribution in [3.8, 4) is 11.5 Å². The van der Waals surface area contributed by atoms with E-state index in [0.29, 0.717) is 23.3 Å². The minimum absolute atomic E-state index is 0.0526. The van der Waals surface area contributed by atoms with Crippen molar-refractivity contribution in [3.05, 3.63) is 18.1 Å². The van der Waals surface area contributed by atoms with E-state index in [-0.39, 0.29) is 35.2 Å². The summed E-state index contributed by atoms with van der Waals surface area (Å²) in [6.07, 6.45) is 7.31. The van der Waals surface area contributed by atoms with Gasteiger partial charge in [0.2, 0.25) is 5.91 Å². The Bertz CT molecular complexity index is 962. The van der Waals surface area contributed by atoms with E-state index in [4.69, 9.17) is 8.83 Å². The largest absolute Gasteiger partial charge is 0.469 e. The van der Waals surface area contributed by atoms with Crippen molar-refractivity contribution in [3.63, 3.8) is 0 Å². The number of amides is 1. The molecule has 29 heavy (non-hydrogen) atoms. The third-order valence-electron chi connectivity index (χ3n) is 5.67. The summed E-state index contributed by atoms with van der Waals surface area (Å²) in [5, 5.41) is 8.36. The first-order chi connectivity index (χ1) is 13.9. The van der Waals surface area contributed by atoms with Gasteiger partial charge in [0, 0.05) is 12.1 Å². The lowest BCUT2D eigenvalue weighted by Crippen LogP contribution is -2.49. The zero-order chi connectivity index (χ0) is 20.4. The van der Waals surface area contributed by atoms with E-state index < -0.39 is 9.84 Å². The monoisotopic (exact) mass is 439 g/mol. The Morgan fingerprint density at radius 2 is 2.00 bits per heavy atom. The maximum absolute atomic E-state index is 13.1. The standard InChI is InChI=1S/C19H25N3O5S2/c1-13-16(7-9-26-13)18-20-21-19(27-18)28-11-17(23)22(14-5-3-2-4-6-14)15-8-10-29(24,25)12-15/h7,9,14-15H,2-6,8,10-12H2,1H3. The van der Waals surface area contributed by atoms with E-state index in [9.17, 15) is 13.2 Å². The van der Waals surface area contributed by atoms with E-state index in [1.54, 1.807) is 12.3 Å². The SMILES string of the molecule is Cc1occc1-c1nnc(SCC(=O)N(C2CCCCC2)C2CCS(=O)(=O)C2)o1. The topological polar surface area (TPSA) is 107 Å². The molecule has 2 aromatic heterocycles. The Morgan fingerprint density at radius 1 is 1.21 bits per heavy atom. The summed E-state index contributed by atoms with van der Waals surface area (Å²) < 4.78 is 34.9. The van der Waals surface area contributed by atoms with Crippen molar-refractivity contribution in [2.45, 2.75) is 62.8 Å². The van der Waals surface area contributed by atoms with Crippen molar-refractivity contribution < 1.29 is 22.0 Å². The number of carbonyl (C=O) groups is 1. The molecule has 8 nitrogen and oxygen atoms in total. The average Bonchev–Trinajstić information content (AvgIpc) is 3.41. The maximum Gasteiger partial charge on any atom is 0.277 e. The first kappa shape index (κ1) is 20.5. The van der Waals surface area contributed by atoms with E-state index in [1.807, 2.05) is 11.8 Å². The number of thioether (sulfide) groups is 1. The van der Waals surface area contributed by atoms with E-state index >= 15 is 0 Å². The van der Waals surface area contributed by atoms with Crippen LogP contribution in [0, 0.1) is 6.92 Å². The van der Waals surface area contributed by atoms with E-state index in [1.165, 1.54) is 18.2 Å². The Balaban J connectivity index is 1.44. The summed E-state index contributed by atoms with van der Waals surface area (Å²) in [5.41, 5.74) is 0.732. The maximum atomic E-state index is 13.1. The fraction of sp³-hybridized carbons (Fsp3) is 0.632. The number of furan rings is 1. The second-order valence-electron chi connectivity index (χ2n) is 7.70. The minimum atomic E-state index is -3.06. The van der Waals surface area contributed by atoms with Gasteiger partial charge in [-0.2, -0.15) is 0 Å². The minimum Gasteiger partial charge on any atom is -0.469 e. The molecule has 0 spiro atoms. The number of hydrogen-bond acceptors (Lipinski definition) is 8. The molecular formula is C19H25N3O5S2. The van der Waals surface area contributed by atoms with Gasteiger partial charge < -0.3 is 13.7 Å². The highest BCUT2D eigenvalue weighted by molar-refractivity contribution is 7.99. The molecule has 4 rings (SSSR count). The fourth-order valence-electron chi connectivity index (χ4n) is 4.24. The second kappa shape index (κ2) is 8.51. The molecule has 10 heteroatoms. The van der Waals surface area contributed by atoms with Crippen LogP contribution in [0.3, 0.4) is 0 Å². The first-order valence-corrected chi connectivity index (χ1v) is 12.8. The predicted molar refractivity (Wildman–Crippen MR) is 108 cm³/mol. The zero-order valence-corrected chi connectivity index (χ0v) is 18.0. The molecule has 1 atom stereocenters. The van der Waals surface area contributed by atoms with E-state index in [0.717, 1.165) is 31.2 Å². The number of carbonyl (C=O) groups excluding carboxylic acids is 1. The summed E-state index contributed by atoms with van der Waals surface area (Å²) in [7, 11) is -3.06. The summed E-state index contributed by atoms with van der Waals surface area (Å²) in [5.74, 6) is 1.38. The van der Waals surface area contributed by atoms with Crippen LogP contribution in [0.15, 0.2) is 26.4 Å². The number of hydrogen-bond donors (Lipinski definition) is 0. The normalized spacial score (nSPS) is 22.0. The van der Waals surface area contributed by atoms with Crippen LogP contribution < -0.4 is 0 Å². The highest BCUT2D eigenvalue weighted by Gasteiger charge is 2.38. The van der Waals surface area contributed by atoms with Gasteiger partial charge in [-0.25, -0.2) is 8.42 Å². The summed E-state index contributed by atoms with van der Waals surface area (Å²) in [4.78, 5) is 15.0. The number of aryl methyl sites for hydroxylation is 1. The van der Waals surface area contributed by atoms with Crippen LogP contribution in [-0.4, -0.2) is 58.8 Å². The van der Waals surface area contributed by atoms with Crippen molar-refractivity contribution >= 4 is 27.5 Å². The molecule has 0 aromatic carbocycles. The van der Waals surface area contributed by atoms with Crippen molar-refractivity contribution in [1.82, 2.24) is 15.1 Å². The molecule has 2 aliphatic rings. The lowest BCUT2D eigenvalue weighted by atomic mass is 9.93. The van der Waals surface area contributed by atoms with Gasteiger partial charge >= 0.3 is 0 Å². The Hall–Kier alpha value is -1.81. The molecule has 0 bridgehead atoms. The average molecular weight is 440 g/mol. The lowest BCUT2D eigenvalue weighted by molar-refractivity contribution is -0.133. The third kappa shape index (κ3) is 4.69. The number of nitrogens with zero attached hydrogens (tertiary/aromatic N) is 3. The van der Waals surface area contributed by atoms with Crippen LogP contribution in [0.4, 0.5) is 0 Å². The molecule has 2 fully saturated rings. The number of aromatic nitrogens is 2. The first-order valence-electron chi connectivity index (χ1n) is 9.95. The van der Waals surface area contributed by atoms with Crippen LogP contribution >= 0.6 is 11.8 Å². The molecular weight excluding hydrogens is 414 g/mol. The number of rotatable bonds is 6. The molecule has 1 saturated carbocycles. The quantitative estimate of drug-likeness (QED) is 0.632. The fourth-order valence-corrected chi connectivity index (χ4v) is 6.58. The number of sulfone groups is 1. The summed E-state index contributed by atoms with van der Waals surface area (Å²) in [6, 6.07) is 1.67. The predicted octanol–water partition coefficient (Wildman–Crippen LogP) is 3.08.